The van der Waals surface area contributed by atoms with E-state index < -0.39 is 11.7 Å². The molecule has 1 fully saturated rings. The lowest BCUT2D eigenvalue weighted by atomic mass is 10.0. The predicted octanol–water partition coefficient (Wildman–Crippen LogP) is 1.71. The van der Waals surface area contributed by atoms with Gasteiger partial charge >= 0.3 is 0 Å². The highest BCUT2D eigenvalue weighted by atomic mass is 19.1. The Kier molecular flexibility index (Phi) is 4.74. The van der Waals surface area contributed by atoms with Gasteiger partial charge in [0.15, 0.2) is 0 Å². The van der Waals surface area contributed by atoms with Crippen LogP contribution in [0.25, 0.3) is 0 Å². The highest BCUT2D eigenvalue weighted by molar-refractivity contribution is 5.97. The molecule has 0 aliphatic carbocycles. The zero-order chi connectivity index (χ0) is 13.7. The first-order valence-corrected chi connectivity index (χ1v) is 6.56. The summed E-state index contributed by atoms with van der Waals surface area (Å²) in [5.74, 6) is -0.732. The van der Waals surface area contributed by atoms with Gasteiger partial charge in [0.1, 0.15) is 17.1 Å². The molecule has 2 N–H and O–H groups in total. The molecule has 0 spiro atoms. The van der Waals surface area contributed by atoms with Crippen LogP contribution >= 0.6 is 0 Å². The molecule has 0 saturated carbocycles. The normalized spacial score (nSPS) is 18.9. The van der Waals surface area contributed by atoms with Gasteiger partial charge in [-0.1, -0.05) is 12.5 Å². The molecule has 1 heterocycles. The number of ether oxygens (including phenoxy) is 1. The van der Waals surface area contributed by atoms with E-state index in [2.05, 4.69) is 10.6 Å². The fourth-order valence-electron chi connectivity index (χ4n) is 2.30. The van der Waals surface area contributed by atoms with E-state index in [1.54, 1.807) is 6.07 Å². The Hall–Kier alpha value is -1.62. The lowest BCUT2D eigenvalue weighted by molar-refractivity contribution is 0.0940. The van der Waals surface area contributed by atoms with E-state index >= 15 is 0 Å². The first kappa shape index (κ1) is 13.8. The Morgan fingerprint density at radius 3 is 3.05 bits per heavy atom. The van der Waals surface area contributed by atoms with Crippen LogP contribution in [0.1, 0.15) is 29.6 Å². The van der Waals surface area contributed by atoms with Gasteiger partial charge in [0, 0.05) is 12.6 Å². The number of benzene rings is 1. The quantitative estimate of drug-likeness (QED) is 0.872. The van der Waals surface area contributed by atoms with Crippen molar-refractivity contribution in [3.63, 3.8) is 0 Å². The van der Waals surface area contributed by atoms with E-state index in [9.17, 15) is 9.18 Å². The van der Waals surface area contributed by atoms with Gasteiger partial charge in [0.05, 0.1) is 7.11 Å². The van der Waals surface area contributed by atoms with Crippen molar-refractivity contribution in [3.8, 4) is 5.75 Å². The van der Waals surface area contributed by atoms with Crippen molar-refractivity contribution < 1.29 is 13.9 Å². The third-order valence-electron chi connectivity index (χ3n) is 3.34. The molecule has 0 radical (unpaired) electrons. The fraction of sp³-hybridized carbons (Fsp3) is 0.500. The summed E-state index contributed by atoms with van der Waals surface area (Å²) in [4.78, 5) is 12.0. The van der Waals surface area contributed by atoms with E-state index in [0.29, 0.717) is 6.54 Å². The molecule has 1 aromatic rings. The first-order chi connectivity index (χ1) is 9.22. The highest BCUT2D eigenvalue weighted by Crippen LogP contribution is 2.20. The molecule has 1 unspecified atom stereocenters. The molecule has 5 heteroatoms. The Morgan fingerprint density at radius 1 is 1.53 bits per heavy atom. The van der Waals surface area contributed by atoms with Crippen LogP contribution in [-0.4, -0.2) is 32.1 Å². The van der Waals surface area contributed by atoms with Gasteiger partial charge in [0.2, 0.25) is 0 Å². The van der Waals surface area contributed by atoms with Crippen molar-refractivity contribution in [1.82, 2.24) is 10.6 Å². The highest BCUT2D eigenvalue weighted by Gasteiger charge is 2.19. The third kappa shape index (κ3) is 3.44. The molecule has 0 bridgehead atoms. The third-order valence-corrected chi connectivity index (χ3v) is 3.34. The minimum absolute atomic E-state index is 0.0270. The lowest BCUT2D eigenvalue weighted by Crippen LogP contribution is -2.43. The summed E-state index contributed by atoms with van der Waals surface area (Å²) in [5.41, 5.74) is -0.0270. The summed E-state index contributed by atoms with van der Waals surface area (Å²) in [5, 5.41) is 6.09. The molecular formula is C14H19FN2O2. The SMILES string of the molecule is COc1cccc(F)c1C(=O)NCC1CCCCN1. The molecule has 1 aliphatic rings. The summed E-state index contributed by atoms with van der Waals surface area (Å²) in [7, 11) is 1.42. The molecule has 1 amide bonds. The Labute approximate surface area is 112 Å². The average Bonchev–Trinajstić information content (AvgIpc) is 2.45. The summed E-state index contributed by atoms with van der Waals surface area (Å²) in [6.45, 7) is 1.49. The van der Waals surface area contributed by atoms with Gasteiger partial charge in [0.25, 0.3) is 5.91 Å². The molecular weight excluding hydrogens is 247 g/mol. The van der Waals surface area contributed by atoms with Crippen molar-refractivity contribution in [2.45, 2.75) is 25.3 Å². The molecule has 104 valence electrons. The van der Waals surface area contributed by atoms with Gasteiger partial charge in [-0.15, -0.1) is 0 Å². The summed E-state index contributed by atoms with van der Waals surface area (Å²) >= 11 is 0. The first-order valence-electron chi connectivity index (χ1n) is 6.56. The van der Waals surface area contributed by atoms with Gasteiger partial charge in [-0.25, -0.2) is 4.39 Å². The average molecular weight is 266 g/mol. The van der Waals surface area contributed by atoms with Crippen molar-refractivity contribution in [1.29, 1.82) is 0 Å². The van der Waals surface area contributed by atoms with E-state index in [-0.39, 0.29) is 17.4 Å². The molecule has 0 aromatic heterocycles. The molecule has 1 atom stereocenters. The smallest absolute Gasteiger partial charge is 0.258 e. The number of piperidine rings is 1. The zero-order valence-electron chi connectivity index (χ0n) is 11.0. The molecule has 1 aliphatic heterocycles. The number of carbonyl (C=O) groups excluding carboxylic acids is 1. The van der Waals surface area contributed by atoms with Crippen LogP contribution in [0.2, 0.25) is 0 Å². The number of nitrogens with one attached hydrogen (secondary N) is 2. The number of halogens is 1. The Bertz CT molecular complexity index is 445. The second kappa shape index (κ2) is 6.52. The second-order valence-corrected chi connectivity index (χ2v) is 4.67. The second-order valence-electron chi connectivity index (χ2n) is 4.67. The number of methoxy groups -OCH3 is 1. The van der Waals surface area contributed by atoms with Crippen LogP contribution in [0.15, 0.2) is 18.2 Å². The van der Waals surface area contributed by atoms with Crippen LogP contribution in [0.5, 0.6) is 5.75 Å². The maximum Gasteiger partial charge on any atom is 0.258 e. The van der Waals surface area contributed by atoms with Crippen LogP contribution in [0.4, 0.5) is 4.39 Å². The standard InChI is InChI=1S/C14H19FN2O2/c1-19-12-7-4-6-11(15)13(12)14(18)17-9-10-5-2-3-8-16-10/h4,6-7,10,16H,2-3,5,8-9H2,1H3,(H,17,18). The van der Waals surface area contributed by atoms with E-state index in [0.717, 1.165) is 19.4 Å². The van der Waals surface area contributed by atoms with Crippen molar-refractivity contribution >= 4 is 5.91 Å². The maximum absolute atomic E-state index is 13.7. The minimum atomic E-state index is -0.562. The Morgan fingerprint density at radius 2 is 2.37 bits per heavy atom. The lowest BCUT2D eigenvalue weighted by Gasteiger charge is -2.23. The van der Waals surface area contributed by atoms with E-state index in [1.807, 2.05) is 0 Å². The van der Waals surface area contributed by atoms with Crippen LogP contribution < -0.4 is 15.4 Å². The molecule has 1 aromatic carbocycles. The molecule has 19 heavy (non-hydrogen) atoms. The fourth-order valence-corrected chi connectivity index (χ4v) is 2.30. The zero-order valence-corrected chi connectivity index (χ0v) is 11.0. The Balaban J connectivity index is 1.99. The maximum atomic E-state index is 13.7. The van der Waals surface area contributed by atoms with Crippen LogP contribution in [0.3, 0.4) is 0 Å². The largest absolute Gasteiger partial charge is 0.496 e. The predicted molar refractivity (Wildman–Crippen MR) is 70.9 cm³/mol. The van der Waals surface area contributed by atoms with Crippen molar-refractivity contribution in [2.24, 2.45) is 0 Å². The van der Waals surface area contributed by atoms with Crippen molar-refractivity contribution in [2.75, 3.05) is 20.2 Å². The summed E-state index contributed by atoms with van der Waals surface area (Å²) in [6, 6.07) is 4.64. The van der Waals surface area contributed by atoms with Gasteiger partial charge in [-0.3, -0.25) is 4.79 Å². The van der Waals surface area contributed by atoms with Gasteiger partial charge in [-0.05, 0) is 31.5 Å². The number of hydrogen-bond acceptors (Lipinski definition) is 3. The number of amides is 1. The van der Waals surface area contributed by atoms with E-state index in [4.69, 9.17) is 4.74 Å². The monoisotopic (exact) mass is 266 g/mol. The number of hydrogen-bond donors (Lipinski definition) is 2. The topological polar surface area (TPSA) is 50.4 Å². The number of rotatable bonds is 4. The summed E-state index contributed by atoms with van der Waals surface area (Å²) < 4.78 is 18.7. The van der Waals surface area contributed by atoms with Gasteiger partial charge in [-0.2, -0.15) is 0 Å². The molecule has 2 rings (SSSR count). The van der Waals surface area contributed by atoms with Crippen molar-refractivity contribution in [3.05, 3.63) is 29.6 Å². The minimum Gasteiger partial charge on any atom is -0.496 e. The van der Waals surface area contributed by atoms with Crippen LogP contribution in [-0.2, 0) is 0 Å². The van der Waals surface area contributed by atoms with Gasteiger partial charge < -0.3 is 15.4 Å². The molecule has 1 saturated heterocycles. The number of carbonyl (C=O) groups is 1. The summed E-state index contributed by atoms with van der Waals surface area (Å²) in [6.07, 6.45) is 3.37. The van der Waals surface area contributed by atoms with E-state index in [1.165, 1.54) is 25.7 Å². The van der Waals surface area contributed by atoms with Crippen LogP contribution in [0, 0.1) is 5.82 Å². The molecule has 4 nitrogen and oxygen atoms in total.